The summed E-state index contributed by atoms with van der Waals surface area (Å²) in [6.45, 7) is 0. The van der Waals surface area contributed by atoms with Gasteiger partial charge in [0.25, 0.3) is 0 Å². The van der Waals surface area contributed by atoms with Crippen LogP contribution < -0.4 is 40.2 Å². The Kier molecular flexibility index (Phi) is 12.3. The Hall–Kier alpha value is -5.39. The van der Waals surface area contributed by atoms with E-state index in [4.69, 9.17) is 0 Å². The monoisotopic (exact) mass is 760 g/mol. The van der Waals surface area contributed by atoms with Crippen LogP contribution >= 0.6 is 0 Å². The summed E-state index contributed by atoms with van der Waals surface area (Å²) in [5, 5.41) is 15.8. The molecule has 6 aromatic rings. The number of H-pyrrole nitrogens is 1. The van der Waals surface area contributed by atoms with E-state index in [1.54, 1.807) is 48.7 Å². The molecule has 2 fully saturated rings. The van der Waals surface area contributed by atoms with Gasteiger partial charge in [0.05, 0.1) is 29.4 Å². The predicted molar refractivity (Wildman–Crippen MR) is 177 cm³/mol. The van der Waals surface area contributed by atoms with Crippen molar-refractivity contribution in [1.29, 1.82) is 0 Å². The van der Waals surface area contributed by atoms with E-state index < -0.39 is 45.9 Å². The zero-order valence-electron chi connectivity index (χ0n) is 29.3. The first kappa shape index (κ1) is 39.8. The van der Waals surface area contributed by atoms with Gasteiger partial charge in [-0.2, -0.15) is 9.49 Å². The minimum absolute atomic E-state index is 0. The molecule has 4 heterocycles. The Morgan fingerprint density at radius 2 is 1.22 bits per heavy atom. The van der Waals surface area contributed by atoms with Crippen molar-refractivity contribution in [3.63, 3.8) is 0 Å². The van der Waals surface area contributed by atoms with Crippen LogP contribution in [-0.4, -0.2) is 41.8 Å². The molecule has 18 heteroatoms. The minimum Gasteiger partial charge on any atom is -1.00 e. The van der Waals surface area contributed by atoms with Crippen molar-refractivity contribution in [2.24, 2.45) is 0 Å². The Morgan fingerprint density at radius 1 is 0.685 bits per heavy atom. The van der Waals surface area contributed by atoms with E-state index in [2.05, 4.69) is 35.9 Å². The third-order valence-electron chi connectivity index (χ3n) is 8.50. The fourth-order valence-corrected chi connectivity index (χ4v) is 5.47. The molecule has 0 saturated heterocycles. The quantitative estimate of drug-likeness (QED) is 0.127. The van der Waals surface area contributed by atoms with Crippen molar-refractivity contribution in [1.82, 2.24) is 29.9 Å². The van der Waals surface area contributed by atoms with Gasteiger partial charge in [0.15, 0.2) is 23.3 Å². The molecule has 2 aromatic carbocycles. The molecule has 54 heavy (non-hydrogen) atoms. The van der Waals surface area contributed by atoms with Crippen LogP contribution in [-0.2, 0) is 20.4 Å². The number of anilines is 2. The molecule has 0 aliphatic heterocycles. The minimum atomic E-state index is -1.28. The number of nitrogens with one attached hydrogen (secondary N) is 3. The Labute approximate surface area is 326 Å². The number of benzene rings is 2. The molecule has 274 valence electrons. The smallest absolute Gasteiger partial charge is 1.00 e. The van der Waals surface area contributed by atoms with E-state index in [9.17, 15) is 40.3 Å². The second-order valence-corrected chi connectivity index (χ2v) is 12.0. The molecule has 4 aromatic heterocycles. The van der Waals surface area contributed by atoms with Crippen LogP contribution in [0, 0.1) is 40.9 Å². The van der Waals surface area contributed by atoms with Gasteiger partial charge in [-0.15, -0.1) is 5.10 Å². The molecule has 0 unspecified atom stereocenters. The maximum atomic E-state index is 14.0. The van der Waals surface area contributed by atoms with Crippen molar-refractivity contribution in [2.45, 2.75) is 36.5 Å². The van der Waals surface area contributed by atoms with Gasteiger partial charge in [-0.3, -0.25) is 14.7 Å². The second kappa shape index (κ2) is 16.7. The molecule has 10 nitrogen and oxygen atoms in total. The van der Waals surface area contributed by atoms with E-state index >= 15 is 0 Å². The molecule has 0 radical (unpaired) electrons. The molecular formula is C36H28F7N8NaO2. The number of amides is 2. The van der Waals surface area contributed by atoms with Crippen LogP contribution in [0.15, 0.2) is 97.6 Å². The molecular weight excluding hydrogens is 732 g/mol. The van der Waals surface area contributed by atoms with Gasteiger partial charge in [0.2, 0.25) is 17.8 Å². The summed E-state index contributed by atoms with van der Waals surface area (Å²) in [7, 11) is 0. The summed E-state index contributed by atoms with van der Waals surface area (Å²) in [5.41, 5.74) is -0.796. The van der Waals surface area contributed by atoms with Crippen LogP contribution in [0.25, 0.3) is 5.82 Å². The third kappa shape index (κ3) is 8.86. The second-order valence-electron chi connectivity index (χ2n) is 12.0. The van der Waals surface area contributed by atoms with Crippen molar-refractivity contribution < 1.29 is 71.3 Å². The van der Waals surface area contributed by atoms with Gasteiger partial charge >= 0.3 is 29.6 Å². The first-order valence-electron chi connectivity index (χ1n) is 15.9. The van der Waals surface area contributed by atoms with Crippen molar-refractivity contribution in [2.75, 3.05) is 10.6 Å². The van der Waals surface area contributed by atoms with Crippen molar-refractivity contribution in [3.05, 3.63) is 150 Å². The number of rotatable bonds is 7. The first-order valence-corrected chi connectivity index (χ1v) is 15.9. The first-order chi connectivity index (χ1) is 25.4. The normalized spacial score (nSPS) is 14.2. The Balaban J connectivity index is 0.000000201. The van der Waals surface area contributed by atoms with Crippen LogP contribution in [0.1, 0.15) is 38.2 Å². The van der Waals surface area contributed by atoms with Gasteiger partial charge in [0.1, 0.15) is 29.1 Å². The average Bonchev–Trinajstić information content (AvgIpc) is 4.02. The van der Waals surface area contributed by atoms with Gasteiger partial charge in [0, 0.05) is 41.6 Å². The molecule has 2 aliphatic rings. The number of aromatic nitrogens is 6. The third-order valence-corrected chi connectivity index (χ3v) is 8.50. The summed E-state index contributed by atoms with van der Waals surface area (Å²) >= 11 is 0. The summed E-state index contributed by atoms with van der Waals surface area (Å²) in [6.07, 6.45) is 6.85. The number of hydrogen-bond donors (Lipinski definition) is 3. The van der Waals surface area contributed by atoms with E-state index in [0.717, 1.165) is 10.9 Å². The number of hydrogen-bond acceptors (Lipinski definition) is 6. The van der Waals surface area contributed by atoms with Crippen molar-refractivity contribution in [3.8, 4) is 5.82 Å². The molecule has 2 amide bonds. The molecule has 2 saturated carbocycles. The number of nitrogens with zero attached hydrogens (tertiary/aromatic N) is 5. The molecule has 0 atom stereocenters. The van der Waals surface area contributed by atoms with Crippen LogP contribution in [0.4, 0.5) is 42.4 Å². The van der Waals surface area contributed by atoms with Crippen LogP contribution in [0.3, 0.4) is 0 Å². The fraction of sp³-hybridized carbons (Fsp3) is 0.167. The predicted octanol–water partition coefficient (Wildman–Crippen LogP) is 4.19. The topological polar surface area (TPSA) is 130 Å². The molecule has 0 bridgehead atoms. The van der Waals surface area contributed by atoms with E-state index in [1.165, 1.54) is 24.4 Å². The van der Waals surface area contributed by atoms with E-state index in [0.29, 0.717) is 61.0 Å². The van der Waals surface area contributed by atoms with E-state index in [1.807, 2.05) is 0 Å². The van der Waals surface area contributed by atoms with Gasteiger partial charge in [-0.05, 0) is 37.8 Å². The zero-order chi connectivity index (χ0) is 37.8. The maximum absolute atomic E-state index is 14.0. The van der Waals surface area contributed by atoms with Gasteiger partial charge in [-0.25, -0.2) is 41.0 Å². The maximum Gasteiger partial charge on any atom is 1.00 e. The Morgan fingerprint density at radius 3 is 1.70 bits per heavy atom. The molecule has 3 N–H and O–H groups in total. The van der Waals surface area contributed by atoms with Crippen molar-refractivity contribution >= 4 is 23.5 Å². The van der Waals surface area contributed by atoms with Crippen LogP contribution in [0.2, 0.25) is 0 Å². The number of halogens is 7. The van der Waals surface area contributed by atoms with E-state index in [-0.39, 0.29) is 60.3 Å². The summed E-state index contributed by atoms with van der Waals surface area (Å²) < 4.78 is 91.3. The number of pyridine rings is 2. The number of carbonyl (C=O) groups is 2. The molecule has 2 aliphatic carbocycles. The van der Waals surface area contributed by atoms with Gasteiger partial charge < -0.3 is 12.1 Å². The van der Waals surface area contributed by atoms with Gasteiger partial charge in [-0.1, -0.05) is 36.4 Å². The fourth-order valence-electron chi connectivity index (χ4n) is 5.47. The zero-order valence-corrected chi connectivity index (χ0v) is 30.3. The number of carbonyl (C=O) groups excluding carboxylic acids is 2. The average molecular weight is 761 g/mol. The molecule has 0 spiro atoms. The summed E-state index contributed by atoms with van der Waals surface area (Å²) in [6, 6.07) is 16.9. The molecule has 8 rings (SSSR count). The summed E-state index contributed by atoms with van der Waals surface area (Å²) in [5.74, 6) is -5.91. The number of aromatic amines is 1. The SMILES string of the molecule is Fc1cnc(F)c(F)c1.O=C(Nc1ccn(-c2ncc(F)cc2F)n1)C1(c2ccccc2F)CC1.O=C(Nc1ccn[nH]1)C1(c2ccccc2F)CC1.[H-].[Na+]. The Bertz CT molecular complexity index is 2270. The largest absolute Gasteiger partial charge is 1.00 e. The summed E-state index contributed by atoms with van der Waals surface area (Å²) in [4.78, 5) is 31.3. The van der Waals surface area contributed by atoms with Crippen LogP contribution in [0.5, 0.6) is 0 Å². The standard InChI is InChI=1S/C18H13F3N4O.C13H12FN3O.C5H2F3N.Na.H/c19-11-9-14(21)16(22-10-11)25-8-5-15(24-25)23-17(26)18(6-7-18)12-3-1-2-4-13(12)20;14-10-4-2-1-3-9(10)13(6-7-13)12(18)16-11-5-8-15-17-11;6-3-1-4(7)5(8)9-2-3;;/h1-5,8-10H,6-7H2,(H,23,24,26);1-5,8H,6-7H2,(H2,15,16,17,18);1-2H;;/q;;;+1;-1.